The molecule has 12 heavy (non-hydrogen) atoms. The highest BCUT2D eigenvalue weighted by atomic mass is 28.3. The van der Waals surface area contributed by atoms with Crippen molar-refractivity contribution >= 4 is 14.0 Å². The van der Waals surface area contributed by atoms with Crippen LogP contribution < -0.4 is 0 Å². The van der Waals surface area contributed by atoms with Crippen molar-refractivity contribution in [3.63, 3.8) is 0 Å². The van der Waals surface area contributed by atoms with Crippen LogP contribution in [0.15, 0.2) is 0 Å². The summed E-state index contributed by atoms with van der Waals surface area (Å²) in [6.45, 7) is 7.14. The smallest absolute Gasteiger partial charge is 0.348 e. The molecule has 0 aliphatic rings. The maximum atomic E-state index is 10.4. The van der Waals surface area contributed by atoms with Crippen molar-refractivity contribution < 1.29 is 15.0 Å². The van der Waals surface area contributed by atoms with E-state index in [2.05, 4.69) is 11.5 Å². The van der Waals surface area contributed by atoms with Gasteiger partial charge in [-0.2, -0.15) is 0 Å². The SMILES string of the molecule is CC(O)(C#C[Si](C)(C)C)C(=O)O. The molecule has 4 heteroatoms. The third-order valence-corrected chi connectivity index (χ3v) is 1.97. The summed E-state index contributed by atoms with van der Waals surface area (Å²) in [7, 11) is -1.60. The van der Waals surface area contributed by atoms with Gasteiger partial charge in [-0.25, -0.2) is 4.79 Å². The number of carboxylic acids is 1. The van der Waals surface area contributed by atoms with Crippen LogP contribution in [-0.2, 0) is 4.79 Å². The molecule has 0 bridgehead atoms. The van der Waals surface area contributed by atoms with E-state index in [9.17, 15) is 9.90 Å². The minimum atomic E-state index is -1.90. The van der Waals surface area contributed by atoms with Gasteiger partial charge in [0.15, 0.2) is 0 Å². The first-order valence-corrected chi connectivity index (χ1v) is 7.15. The topological polar surface area (TPSA) is 57.5 Å². The molecule has 2 N–H and O–H groups in total. The molecule has 0 radical (unpaired) electrons. The van der Waals surface area contributed by atoms with Crippen LogP contribution in [0.2, 0.25) is 19.6 Å². The lowest BCUT2D eigenvalue weighted by Gasteiger charge is -2.11. The van der Waals surface area contributed by atoms with Crippen LogP contribution in [-0.4, -0.2) is 29.9 Å². The van der Waals surface area contributed by atoms with E-state index in [0.29, 0.717) is 0 Å². The molecule has 68 valence electrons. The molecule has 1 unspecified atom stereocenters. The second-order valence-corrected chi connectivity index (χ2v) is 8.63. The Balaban J connectivity index is 4.61. The fraction of sp³-hybridized carbons (Fsp3) is 0.625. The largest absolute Gasteiger partial charge is 0.478 e. The van der Waals surface area contributed by atoms with Crippen LogP contribution in [0.1, 0.15) is 6.92 Å². The van der Waals surface area contributed by atoms with Gasteiger partial charge in [0.1, 0.15) is 8.07 Å². The number of rotatable bonds is 1. The summed E-state index contributed by atoms with van der Waals surface area (Å²) in [5.41, 5.74) is 0.899. The lowest BCUT2D eigenvalue weighted by molar-refractivity contribution is -0.150. The molecule has 0 aromatic heterocycles. The average molecular weight is 186 g/mol. The molecule has 0 amide bonds. The molecular formula is C8H14O3Si. The van der Waals surface area contributed by atoms with Crippen molar-refractivity contribution in [3.8, 4) is 11.5 Å². The Morgan fingerprint density at radius 1 is 1.42 bits per heavy atom. The summed E-state index contributed by atoms with van der Waals surface area (Å²) in [5.74, 6) is 1.07. The van der Waals surface area contributed by atoms with Crippen LogP contribution in [0.25, 0.3) is 0 Å². The molecular weight excluding hydrogens is 172 g/mol. The second-order valence-electron chi connectivity index (χ2n) is 3.88. The number of hydrogen-bond donors (Lipinski definition) is 2. The third-order valence-electron chi connectivity index (χ3n) is 1.10. The maximum absolute atomic E-state index is 10.4. The van der Waals surface area contributed by atoms with E-state index in [1.807, 2.05) is 19.6 Å². The zero-order valence-corrected chi connectivity index (χ0v) is 8.80. The summed E-state index contributed by atoms with van der Waals surface area (Å²) >= 11 is 0. The van der Waals surface area contributed by atoms with Gasteiger partial charge in [-0.15, -0.1) is 5.54 Å². The molecule has 0 aromatic carbocycles. The molecule has 0 heterocycles. The van der Waals surface area contributed by atoms with Crippen LogP contribution in [0.5, 0.6) is 0 Å². The Hall–Kier alpha value is -0.793. The summed E-state index contributed by atoms with van der Waals surface area (Å²) in [5, 5.41) is 17.7. The van der Waals surface area contributed by atoms with Gasteiger partial charge in [-0.1, -0.05) is 25.6 Å². The van der Waals surface area contributed by atoms with Gasteiger partial charge in [0.25, 0.3) is 0 Å². The molecule has 0 aliphatic heterocycles. The number of hydrogen-bond acceptors (Lipinski definition) is 2. The Bertz CT molecular complexity index is 239. The Morgan fingerprint density at radius 3 is 2.08 bits per heavy atom. The lowest BCUT2D eigenvalue weighted by atomic mass is 10.1. The fourth-order valence-corrected chi connectivity index (χ4v) is 0.981. The zero-order chi connectivity index (χ0) is 9.99. The molecule has 0 aliphatic carbocycles. The van der Waals surface area contributed by atoms with Crippen LogP contribution in [0.4, 0.5) is 0 Å². The standard InChI is InChI=1S/C8H14O3Si/c1-8(11,7(9)10)5-6-12(2,3)4/h11H,1-4H3,(H,9,10). The first-order valence-electron chi connectivity index (χ1n) is 3.65. The van der Waals surface area contributed by atoms with Crippen molar-refractivity contribution in [3.05, 3.63) is 0 Å². The van der Waals surface area contributed by atoms with Crippen molar-refractivity contribution in [2.45, 2.75) is 32.2 Å². The average Bonchev–Trinajstić information content (AvgIpc) is 1.82. The van der Waals surface area contributed by atoms with E-state index in [-0.39, 0.29) is 0 Å². The van der Waals surface area contributed by atoms with Crippen molar-refractivity contribution in [2.75, 3.05) is 0 Å². The van der Waals surface area contributed by atoms with Crippen LogP contribution in [0, 0.1) is 11.5 Å². The fourth-order valence-electron chi connectivity index (χ4n) is 0.363. The Morgan fingerprint density at radius 2 is 1.83 bits per heavy atom. The molecule has 0 saturated carbocycles. The van der Waals surface area contributed by atoms with Gasteiger partial charge in [-0.05, 0) is 6.92 Å². The first kappa shape index (κ1) is 11.2. The van der Waals surface area contributed by atoms with E-state index in [1.54, 1.807) is 0 Å². The minimum Gasteiger partial charge on any atom is -0.478 e. The van der Waals surface area contributed by atoms with E-state index in [0.717, 1.165) is 0 Å². The quantitative estimate of drug-likeness (QED) is 0.468. The molecule has 0 saturated heterocycles. The monoisotopic (exact) mass is 186 g/mol. The van der Waals surface area contributed by atoms with Gasteiger partial charge in [-0.3, -0.25) is 0 Å². The minimum absolute atomic E-state index is 1.18. The van der Waals surface area contributed by atoms with E-state index < -0.39 is 19.6 Å². The number of aliphatic carboxylic acids is 1. The van der Waals surface area contributed by atoms with Crippen LogP contribution in [0.3, 0.4) is 0 Å². The number of carbonyl (C=O) groups is 1. The summed E-state index contributed by atoms with van der Waals surface area (Å²) in [6, 6.07) is 0. The highest BCUT2D eigenvalue weighted by molar-refractivity contribution is 6.83. The third kappa shape index (κ3) is 4.16. The van der Waals surface area contributed by atoms with Crippen molar-refractivity contribution in [1.29, 1.82) is 0 Å². The molecule has 0 aromatic rings. The summed E-state index contributed by atoms with van der Waals surface area (Å²) in [6.07, 6.45) is 0. The van der Waals surface area contributed by atoms with Crippen LogP contribution >= 0.6 is 0 Å². The predicted octanol–water partition coefficient (Wildman–Crippen LogP) is 0.703. The highest BCUT2D eigenvalue weighted by Crippen LogP contribution is 2.03. The Kier molecular flexibility index (Phi) is 3.08. The summed E-state index contributed by atoms with van der Waals surface area (Å²) in [4.78, 5) is 10.4. The molecule has 0 fully saturated rings. The van der Waals surface area contributed by atoms with E-state index in [1.165, 1.54) is 6.92 Å². The molecule has 0 rings (SSSR count). The van der Waals surface area contributed by atoms with Gasteiger partial charge in [0.2, 0.25) is 5.60 Å². The lowest BCUT2D eigenvalue weighted by Crippen LogP contribution is -2.34. The Labute approximate surface area is 73.4 Å². The predicted molar refractivity (Wildman–Crippen MR) is 49.4 cm³/mol. The van der Waals surface area contributed by atoms with Crippen molar-refractivity contribution in [1.82, 2.24) is 0 Å². The summed E-state index contributed by atoms with van der Waals surface area (Å²) < 4.78 is 0. The number of aliphatic hydroxyl groups is 1. The second kappa shape index (κ2) is 3.29. The van der Waals surface area contributed by atoms with E-state index >= 15 is 0 Å². The first-order chi connectivity index (χ1) is 5.15. The zero-order valence-electron chi connectivity index (χ0n) is 7.80. The normalized spacial score (nSPS) is 15.8. The van der Waals surface area contributed by atoms with Gasteiger partial charge < -0.3 is 10.2 Å². The molecule has 3 nitrogen and oxygen atoms in total. The van der Waals surface area contributed by atoms with Gasteiger partial charge in [0.05, 0.1) is 0 Å². The van der Waals surface area contributed by atoms with Gasteiger partial charge >= 0.3 is 5.97 Å². The maximum Gasteiger partial charge on any atom is 0.348 e. The van der Waals surface area contributed by atoms with E-state index in [4.69, 9.17) is 5.11 Å². The van der Waals surface area contributed by atoms with Gasteiger partial charge in [0, 0.05) is 0 Å². The van der Waals surface area contributed by atoms with Crippen molar-refractivity contribution in [2.24, 2.45) is 0 Å². The number of carboxylic acid groups (broad SMARTS) is 1. The highest BCUT2D eigenvalue weighted by Gasteiger charge is 2.27. The molecule has 0 spiro atoms. The molecule has 1 atom stereocenters.